The fraction of sp³-hybridized carbons (Fsp3) is 0.0256. The van der Waals surface area contributed by atoms with Gasteiger partial charge < -0.3 is 0 Å². The third-order valence-electron chi connectivity index (χ3n) is 9.12. The van der Waals surface area contributed by atoms with E-state index in [9.17, 15) is 39.5 Å². The lowest BCUT2D eigenvalue weighted by molar-refractivity contribution is -0.735. The lowest BCUT2D eigenvalue weighted by atomic mass is 9.12. The molecule has 0 fully saturated rings. The van der Waals surface area contributed by atoms with Gasteiger partial charge in [-0.2, -0.15) is 5.46 Å². The summed E-state index contributed by atoms with van der Waals surface area (Å²) in [5, 5.41) is 0. The van der Waals surface area contributed by atoms with Gasteiger partial charge in [-0.3, -0.25) is 4.90 Å². The summed E-state index contributed by atoms with van der Waals surface area (Å²) >= 11 is 0. The van der Waals surface area contributed by atoms with Gasteiger partial charge in [-0.1, -0.05) is 73.3 Å². The van der Waals surface area contributed by atoms with Crippen LogP contribution in [0, 0.1) is 87.3 Å². The van der Waals surface area contributed by atoms with E-state index in [1.807, 2.05) is 12.1 Å². The summed E-state index contributed by atoms with van der Waals surface area (Å²) in [6.07, 6.45) is -4.76. The lowest BCUT2D eigenvalue weighted by Gasteiger charge is -2.44. The number of nitrogens with one attached hydrogen (secondary N) is 1. The van der Waals surface area contributed by atoms with Gasteiger partial charge in [-0.15, -0.1) is 16.4 Å². The molecule has 0 bridgehead atoms. The highest BCUT2D eigenvalue weighted by Crippen LogP contribution is 2.28. The van der Waals surface area contributed by atoms with E-state index in [1.165, 1.54) is 16.3 Å². The summed E-state index contributed by atoms with van der Waals surface area (Å²) in [5.41, 5.74) is -6.94. The Labute approximate surface area is 307 Å². The van der Waals surface area contributed by atoms with E-state index in [0.29, 0.717) is 12.1 Å². The first-order valence-corrected chi connectivity index (χ1v) is 15.8. The van der Waals surface area contributed by atoms with E-state index in [4.69, 9.17) is 0 Å². The van der Waals surface area contributed by atoms with Gasteiger partial charge >= 0.3 is 0 Å². The number of hydrogen-bond acceptors (Lipinski definition) is 0. The molecule has 1 N–H and O–H groups in total. The first kappa shape index (κ1) is 41.2. The van der Waals surface area contributed by atoms with Crippen molar-refractivity contribution in [2.24, 2.45) is 0 Å². The van der Waals surface area contributed by atoms with Crippen molar-refractivity contribution in [3.05, 3.63) is 184 Å². The second-order valence-electron chi connectivity index (χ2n) is 12.0. The van der Waals surface area contributed by atoms with Gasteiger partial charge in [0.2, 0.25) is 0 Å². The molecule has 0 atom stereocenters. The number of rotatable bonds is 7. The van der Waals surface area contributed by atoms with Crippen LogP contribution < -0.4 is 26.8 Å². The SMILES string of the molecule is C=Cc1ccc([B-](c2c(F)c(F)c(F)c(F)c2F)(c2c(F)c(F)c(F)c(F)c2F)c2c(F)c(F)c(F)c(F)c2F)cc1.C[NH+](c1ccccc1)c1ccccc1. The molecule has 0 heterocycles. The van der Waals surface area contributed by atoms with Gasteiger partial charge in [0.25, 0.3) is 0 Å². The summed E-state index contributed by atoms with van der Waals surface area (Å²) in [4.78, 5) is 1.33. The highest BCUT2D eigenvalue weighted by Gasteiger charge is 2.49. The van der Waals surface area contributed by atoms with Gasteiger partial charge in [0.15, 0.2) is 52.4 Å². The first-order chi connectivity index (χ1) is 26.4. The largest absolute Gasteiger partial charge is 0.273 e. The second kappa shape index (κ2) is 16.0. The molecule has 1 nitrogen and oxygen atoms in total. The number of halogens is 15. The zero-order valence-electron chi connectivity index (χ0n) is 28.1. The fourth-order valence-corrected chi connectivity index (χ4v) is 6.40. The maximum atomic E-state index is 15.5. The van der Waals surface area contributed by atoms with Gasteiger partial charge in [-0.25, -0.2) is 65.9 Å². The molecule has 0 saturated heterocycles. The van der Waals surface area contributed by atoms with Crippen molar-refractivity contribution < 1.29 is 70.8 Å². The molecule has 6 rings (SSSR count). The summed E-state index contributed by atoms with van der Waals surface area (Å²) < 4.78 is 222. The Bertz CT molecular complexity index is 2160. The maximum Gasteiger partial charge on any atom is 0.200 e. The van der Waals surface area contributed by atoms with E-state index >= 15 is 26.3 Å². The second-order valence-corrected chi connectivity index (χ2v) is 12.0. The molecular weight excluding hydrogens is 778 g/mol. The molecule has 6 aromatic rings. The lowest BCUT2D eigenvalue weighted by Crippen LogP contribution is -2.98. The molecular formula is C39H21BF15N. The van der Waals surface area contributed by atoms with Gasteiger partial charge in [0.1, 0.15) is 52.4 Å². The Morgan fingerprint density at radius 3 is 0.875 bits per heavy atom. The highest BCUT2D eigenvalue weighted by atomic mass is 19.2. The van der Waals surface area contributed by atoms with Crippen molar-refractivity contribution in [2.45, 2.75) is 0 Å². The Morgan fingerprint density at radius 2 is 0.625 bits per heavy atom. The molecule has 0 aliphatic heterocycles. The Morgan fingerprint density at radius 1 is 0.375 bits per heavy atom. The number of hydrogen-bond donors (Lipinski definition) is 1. The molecule has 17 heteroatoms. The van der Waals surface area contributed by atoms with Crippen molar-refractivity contribution in [3.63, 3.8) is 0 Å². The zero-order chi connectivity index (χ0) is 41.4. The van der Waals surface area contributed by atoms with Crippen molar-refractivity contribution >= 4 is 45.4 Å². The first-order valence-electron chi connectivity index (χ1n) is 15.8. The number of para-hydroxylation sites is 2. The molecule has 0 unspecified atom stereocenters. The fourth-order valence-electron chi connectivity index (χ4n) is 6.40. The van der Waals surface area contributed by atoms with Crippen LogP contribution in [0.15, 0.2) is 91.5 Å². The molecule has 56 heavy (non-hydrogen) atoms. The van der Waals surface area contributed by atoms with Gasteiger partial charge in [0.05, 0.1) is 7.05 Å². The maximum absolute atomic E-state index is 15.5. The third-order valence-corrected chi connectivity index (χ3v) is 9.12. The summed E-state index contributed by atoms with van der Waals surface area (Å²) in [6.45, 7) is 3.30. The van der Waals surface area contributed by atoms with Crippen molar-refractivity contribution in [2.75, 3.05) is 7.05 Å². The topological polar surface area (TPSA) is 4.44 Å². The quantitative estimate of drug-likeness (QED) is 0.0725. The van der Waals surface area contributed by atoms with E-state index < -0.39 is 115 Å². The van der Waals surface area contributed by atoms with Crippen LogP contribution in [0.4, 0.5) is 77.2 Å². The van der Waals surface area contributed by atoms with Crippen molar-refractivity contribution in [1.82, 2.24) is 0 Å². The van der Waals surface area contributed by atoms with Crippen LogP contribution in [0.3, 0.4) is 0 Å². The Hall–Kier alpha value is -5.97. The standard InChI is InChI=1S/C26H7BF15.C13H13N/c1-2-7-3-5-8(6-4-7)27(9-12(28)18(34)24(40)19(35)13(9)29,10-14(30)20(36)25(41)21(37)15(10)31)11-16(32)22(38)26(42)23(39)17(11)33;1-14(12-8-4-2-5-9-12)13-10-6-3-7-11-13/h2-6H,1H2;2-11H,1H3/q-1;/p+1. The molecule has 0 saturated carbocycles. The number of quaternary nitrogens is 1. The van der Waals surface area contributed by atoms with Crippen LogP contribution in [0.1, 0.15) is 5.56 Å². The Balaban J connectivity index is 0.000000357. The van der Waals surface area contributed by atoms with Gasteiger partial charge in [-0.05, 0) is 29.8 Å². The third kappa shape index (κ3) is 6.69. The van der Waals surface area contributed by atoms with E-state index in [-0.39, 0.29) is 5.56 Å². The van der Waals surface area contributed by atoms with E-state index in [1.54, 1.807) is 0 Å². The molecule has 6 aromatic carbocycles. The molecule has 0 spiro atoms. The van der Waals surface area contributed by atoms with Gasteiger partial charge in [0, 0.05) is 0 Å². The van der Waals surface area contributed by atoms with Crippen molar-refractivity contribution in [3.8, 4) is 0 Å². The van der Waals surface area contributed by atoms with E-state index in [2.05, 4.69) is 62.2 Å². The van der Waals surface area contributed by atoms with E-state index in [0.717, 1.165) is 18.2 Å². The van der Waals surface area contributed by atoms with Crippen LogP contribution in [0.2, 0.25) is 0 Å². The van der Waals surface area contributed by atoms with Crippen LogP contribution in [0.5, 0.6) is 0 Å². The predicted octanol–water partition coefficient (Wildman–Crippen LogP) is 7.96. The summed E-state index contributed by atoms with van der Waals surface area (Å²) in [7, 11) is 2.16. The average Bonchev–Trinajstić information content (AvgIpc) is 3.22. The monoisotopic (exact) mass is 799 g/mol. The minimum atomic E-state index is -5.77. The van der Waals surface area contributed by atoms with Crippen molar-refractivity contribution in [1.29, 1.82) is 0 Å². The Kier molecular flexibility index (Phi) is 11.8. The van der Waals surface area contributed by atoms with Crippen LogP contribution in [-0.4, -0.2) is 13.2 Å². The van der Waals surface area contributed by atoms with Crippen LogP contribution in [0.25, 0.3) is 6.08 Å². The minimum Gasteiger partial charge on any atom is -0.273 e. The molecule has 0 aliphatic carbocycles. The summed E-state index contributed by atoms with van der Waals surface area (Å²) in [5.74, 6) is -45.7. The highest BCUT2D eigenvalue weighted by molar-refractivity contribution is 7.20. The minimum absolute atomic E-state index is 0.0318. The number of benzene rings is 6. The van der Waals surface area contributed by atoms with Crippen LogP contribution >= 0.6 is 0 Å². The smallest absolute Gasteiger partial charge is 0.200 e. The molecule has 0 radical (unpaired) electrons. The molecule has 0 aromatic heterocycles. The predicted molar refractivity (Wildman–Crippen MR) is 179 cm³/mol. The average molecular weight is 799 g/mol. The zero-order valence-corrected chi connectivity index (χ0v) is 28.1. The summed E-state index contributed by atoms with van der Waals surface area (Å²) in [6, 6.07) is 23.2. The van der Waals surface area contributed by atoms with Crippen LogP contribution in [-0.2, 0) is 0 Å². The molecule has 290 valence electrons. The molecule has 0 amide bonds. The normalized spacial score (nSPS) is 11.4. The molecule has 0 aliphatic rings.